The summed E-state index contributed by atoms with van der Waals surface area (Å²) in [6.45, 7) is 1.12. The number of likely N-dealkylation sites (tertiary alicyclic amines) is 1. The Bertz CT molecular complexity index is 1000. The highest BCUT2D eigenvalue weighted by atomic mass is 19.1. The smallest absolute Gasteiger partial charge is 0.225 e. The summed E-state index contributed by atoms with van der Waals surface area (Å²) in [6.07, 6.45) is 1.77. The van der Waals surface area contributed by atoms with E-state index in [1.165, 1.54) is 12.1 Å². The van der Waals surface area contributed by atoms with E-state index in [1.807, 2.05) is 18.2 Å². The summed E-state index contributed by atoms with van der Waals surface area (Å²) in [6, 6.07) is 16.6. The van der Waals surface area contributed by atoms with Crippen molar-refractivity contribution in [1.29, 1.82) is 0 Å². The number of ether oxygens (including phenoxy) is 1. The number of benzene rings is 2. The molecule has 4 rings (SSSR count). The van der Waals surface area contributed by atoms with Crippen LogP contribution in [0.25, 0.3) is 0 Å². The van der Waals surface area contributed by atoms with Crippen molar-refractivity contribution >= 4 is 11.8 Å². The monoisotopic (exact) mass is 408 g/mol. The number of halogens is 1. The fourth-order valence-corrected chi connectivity index (χ4v) is 3.34. The molecule has 1 atom stereocenters. The van der Waals surface area contributed by atoms with Crippen molar-refractivity contribution in [1.82, 2.24) is 10.2 Å². The molecule has 6 nitrogen and oxygen atoms in total. The van der Waals surface area contributed by atoms with Crippen molar-refractivity contribution in [3.8, 4) is 11.5 Å². The van der Waals surface area contributed by atoms with Gasteiger partial charge in [-0.15, -0.1) is 0 Å². The molecule has 0 bridgehead atoms. The molecule has 2 heterocycles. The van der Waals surface area contributed by atoms with Crippen molar-refractivity contribution in [2.75, 3.05) is 6.54 Å². The first-order valence-corrected chi connectivity index (χ1v) is 9.67. The third-order valence-corrected chi connectivity index (χ3v) is 4.95. The van der Waals surface area contributed by atoms with Crippen molar-refractivity contribution in [3.05, 3.63) is 84.1 Å². The second kappa shape index (κ2) is 8.82. The molecular formula is C23H21FN2O4. The maximum Gasteiger partial charge on any atom is 0.225 e. The van der Waals surface area contributed by atoms with E-state index < -0.39 is 0 Å². The van der Waals surface area contributed by atoms with E-state index in [0.29, 0.717) is 36.9 Å². The number of carbonyl (C=O) groups is 2. The first-order valence-electron chi connectivity index (χ1n) is 9.67. The second-order valence-electron chi connectivity index (χ2n) is 7.17. The van der Waals surface area contributed by atoms with Crippen molar-refractivity contribution in [3.63, 3.8) is 0 Å². The van der Waals surface area contributed by atoms with Gasteiger partial charge in [0.1, 0.15) is 23.1 Å². The Labute approximate surface area is 173 Å². The molecule has 3 aromatic rings. The summed E-state index contributed by atoms with van der Waals surface area (Å²) in [5, 5.41) is 2.89. The van der Waals surface area contributed by atoms with Gasteiger partial charge in [-0.2, -0.15) is 0 Å². The first-order chi connectivity index (χ1) is 14.6. The number of carbonyl (C=O) groups excluding carboxylic acids is 2. The number of nitrogens with zero attached hydrogens (tertiary/aromatic N) is 1. The van der Waals surface area contributed by atoms with Gasteiger partial charge in [-0.1, -0.05) is 12.1 Å². The number of hydrogen-bond acceptors (Lipinski definition) is 4. The van der Waals surface area contributed by atoms with E-state index in [9.17, 15) is 14.0 Å². The minimum atomic E-state index is -0.367. The third kappa shape index (κ3) is 4.86. The van der Waals surface area contributed by atoms with Gasteiger partial charge in [0.2, 0.25) is 11.8 Å². The Morgan fingerprint density at radius 3 is 2.47 bits per heavy atom. The molecule has 1 aliphatic rings. The van der Waals surface area contributed by atoms with Gasteiger partial charge in [0.25, 0.3) is 0 Å². The molecule has 1 N–H and O–H groups in total. The lowest BCUT2D eigenvalue weighted by molar-refractivity contribution is -0.129. The van der Waals surface area contributed by atoms with E-state index in [-0.39, 0.29) is 30.0 Å². The fourth-order valence-electron chi connectivity index (χ4n) is 3.34. The molecule has 1 saturated heterocycles. The van der Waals surface area contributed by atoms with Crippen LogP contribution >= 0.6 is 0 Å². The Balaban J connectivity index is 1.26. The van der Waals surface area contributed by atoms with Crippen LogP contribution in [0.4, 0.5) is 4.39 Å². The van der Waals surface area contributed by atoms with Gasteiger partial charge in [-0.05, 0) is 54.1 Å². The predicted molar refractivity (Wildman–Crippen MR) is 107 cm³/mol. The molecule has 0 saturated carbocycles. The average Bonchev–Trinajstić information content (AvgIpc) is 3.39. The first kappa shape index (κ1) is 19.7. The zero-order valence-electron chi connectivity index (χ0n) is 16.2. The predicted octanol–water partition coefficient (Wildman–Crippen LogP) is 3.88. The molecule has 1 fully saturated rings. The summed E-state index contributed by atoms with van der Waals surface area (Å²) < 4.78 is 23.9. The van der Waals surface area contributed by atoms with Crippen molar-refractivity contribution < 1.29 is 23.1 Å². The summed E-state index contributed by atoms with van der Waals surface area (Å²) in [7, 11) is 0. The minimum absolute atomic E-state index is 0.0474. The van der Waals surface area contributed by atoms with E-state index >= 15 is 0 Å². The molecule has 2 aromatic carbocycles. The molecule has 0 aliphatic carbocycles. The zero-order valence-corrected chi connectivity index (χ0v) is 16.2. The van der Waals surface area contributed by atoms with Crippen molar-refractivity contribution in [2.45, 2.75) is 19.5 Å². The van der Waals surface area contributed by atoms with Crippen LogP contribution in [0.3, 0.4) is 0 Å². The lowest BCUT2D eigenvalue weighted by Gasteiger charge is -2.15. The molecule has 30 heavy (non-hydrogen) atoms. The third-order valence-electron chi connectivity index (χ3n) is 4.95. The molecule has 1 aliphatic heterocycles. The van der Waals surface area contributed by atoms with E-state index in [0.717, 1.165) is 5.56 Å². The quantitative estimate of drug-likeness (QED) is 0.644. The lowest BCUT2D eigenvalue weighted by Crippen LogP contribution is -2.32. The van der Waals surface area contributed by atoms with Crippen LogP contribution in [0, 0.1) is 11.7 Å². The van der Waals surface area contributed by atoms with Gasteiger partial charge in [-0.3, -0.25) is 9.59 Å². The van der Waals surface area contributed by atoms with Crippen molar-refractivity contribution in [2.24, 2.45) is 5.92 Å². The van der Waals surface area contributed by atoms with Gasteiger partial charge in [0.05, 0.1) is 18.7 Å². The number of amides is 2. The van der Waals surface area contributed by atoms with E-state index in [2.05, 4.69) is 5.32 Å². The largest absolute Gasteiger partial charge is 0.467 e. The Morgan fingerprint density at radius 2 is 1.80 bits per heavy atom. The van der Waals surface area contributed by atoms with Crippen LogP contribution in [-0.2, 0) is 22.7 Å². The van der Waals surface area contributed by atoms with Gasteiger partial charge >= 0.3 is 0 Å². The molecule has 0 spiro atoms. The van der Waals surface area contributed by atoms with E-state index in [4.69, 9.17) is 9.15 Å². The normalized spacial score (nSPS) is 16.0. The van der Waals surface area contributed by atoms with Crippen LogP contribution in [0.1, 0.15) is 17.7 Å². The maximum atomic E-state index is 13.0. The molecule has 7 heteroatoms. The summed E-state index contributed by atoms with van der Waals surface area (Å²) in [4.78, 5) is 26.3. The SMILES string of the molecule is O=C(NCc1ccc(Oc2ccc(F)cc2)cc1)[C@@H]1CC(=O)N(Cc2ccco2)C1. The minimum Gasteiger partial charge on any atom is -0.467 e. The van der Waals surface area contributed by atoms with Crippen LogP contribution in [0.15, 0.2) is 71.3 Å². The van der Waals surface area contributed by atoms with Crippen LogP contribution < -0.4 is 10.1 Å². The molecular weight excluding hydrogens is 387 g/mol. The number of hydrogen-bond donors (Lipinski definition) is 1. The molecule has 2 amide bonds. The van der Waals surface area contributed by atoms with Gasteiger partial charge in [0.15, 0.2) is 0 Å². The highest BCUT2D eigenvalue weighted by molar-refractivity contribution is 5.89. The van der Waals surface area contributed by atoms with Crippen LogP contribution in [0.2, 0.25) is 0 Å². The average molecular weight is 408 g/mol. The fraction of sp³-hybridized carbons (Fsp3) is 0.217. The number of furan rings is 1. The second-order valence-corrected chi connectivity index (χ2v) is 7.17. The van der Waals surface area contributed by atoms with E-state index in [1.54, 1.807) is 41.5 Å². The van der Waals surface area contributed by atoms with Crippen LogP contribution in [0.5, 0.6) is 11.5 Å². The Kier molecular flexibility index (Phi) is 5.79. The maximum absolute atomic E-state index is 13.0. The highest BCUT2D eigenvalue weighted by Crippen LogP contribution is 2.23. The molecule has 1 aromatic heterocycles. The topological polar surface area (TPSA) is 71.8 Å². The zero-order chi connectivity index (χ0) is 20.9. The molecule has 154 valence electrons. The van der Waals surface area contributed by atoms with Crippen LogP contribution in [-0.4, -0.2) is 23.3 Å². The Hall–Kier alpha value is -3.61. The molecule has 0 radical (unpaired) electrons. The molecule has 0 unspecified atom stereocenters. The standard InChI is InChI=1S/C23H21FN2O4/c24-18-5-9-20(10-6-18)30-19-7-3-16(4-8-19)13-25-23(28)17-12-22(27)26(14-17)15-21-2-1-11-29-21/h1-11,17H,12-15H2,(H,25,28)/t17-/m1/s1. The lowest BCUT2D eigenvalue weighted by atomic mass is 10.1. The summed E-state index contributed by atoms with van der Waals surface area (Å²) >= 11 is 0. The van der Waals surface area contributed by atoms with Gasteiger partial charge in [-0.25, -0.2) is 4.39 Å². The van der Waals surface area contributed by atoms with Gasteiger partial charge in [0, 0.05) is 19.5 Å². The number of nitrogens with one attached hydrogen (secondary N) is 1. The summed E-state index contributed by atoms with van der Waals surface area (Å²) in [5.41, 5.74) is 0.909. The van der Waals surface area contributed by atoms with Gasteiger partial charge < -0.3 is 19.4 Å². The summed E-state index contributed by atoms with van der Waals surface area (Å²) in [5.74, 6) is 0.988. The number of rotatable bonds is 7. The highest BCUT2D eigenvalue weighted by Gasteiger charge is 2.34. The Morgan fingerprint density at radius 1 is 1.10 bits per heavy atom.